The first kappa shape index (κ1) is 19.5. The Hall–Kier alpha value is -0.500. The van der Waals surface area contributed by atoms with Gasteiger partial charge in [0.2, 0.25) is 0 Å². The van der Waals surface area contributed by atoms with Gasteiger partial charge in [0.05, 0.1) is 12.6 Å². The third-order valence-electron chi connectivity index (χ3n) is 2.48. The first-order valence-corrected chi connectivity index (χ1v) is 7.76. The van der Waals surface area contributed by atoms with Crippen LogP contribution in [0.5, 0.6) is 0 Å². The first-order valence-electron chi connectivity index (χ1n) is 6.65. The van der Waals surface area contributed by atoms with E-state index in [0.29, 0.717) is 6.54 Å². The van der Waals surface area contributed by atoms with Crippen molar-refractivity contribution in [3.05, 3.63) is 0 Å². The van der Waals surface area contributed by atoms with Crippen LogP contribution in [0, 0.1) is 5.41 Å². The van der Waals surface area contributed by atoms with Crippen LogP contribution in [0.3, 0.4) is 0 Å². The monoisotopic (exact) mass is 307 g/mol. The SMILES string of the molecule is CN(C)[S+]([O-])NC[C@@H](NC(=O)OC(C)(C)C)C(C)(C)C. The van der Waals surface area contributed by atoms with Crippen molar-refractivity contribution in [2.75, 3.05) is 20.6 Å². The first-order chi connectivity index (χ1) is 8.83. The zero-order valence-corrected chi connectivity index (χ0v) is 14.7. The number of hydrogen-bond acceptors (Lipinski definition) is 5. The van der Waals surface area contributed by atoms with Crippen LogP contribution < -0.4 is 10.0 Å². The lowest BCUT2D eigenvalue weighted by Crippen LogP contribution is -2.52. The number of alkyl carbamates (subject to hydrolysis) is 1. The van der Waals surface area contributed by atoms with Crippen LogP contribution in [0.25, 0.3) is 0 Å². The van der Waals surface area contributed by atoms with E-state index in [-0.39, 0.29) is 11.5 Å². The average Bonchev–Trinajstić information content (AvgIpc) is 2.18. The average molecular weight is 307 g/mol. The van der Waals surface area contributed by atoms with Crippen LogP contribution in [0.4, 0.5) is 4.79 Å². The zero-order valence-electron chi connectivity index (χ0n) is 13.9. The molecule has 0 aromatic carbocycles. The van der Waals surface area contributed by atoms with E-state index < -0.39 is 23.2 Å². The number of carbonyl (C=O) groups is 1. The maximum atomic E-state index is 11.8. The summed E-state index contributed by atoms with van der Waals surface area (Å²) in [6.45, 7) is 11.9. The van der Waals surface area contributed by atoms with Crippen LogP contribution >= 0.6 is 0 Å². The fourth-order valence-electron chi connectivity index (χ4n) is 1.31. The van der Waals surface area contributed by atoms with Gasteiger partial charge in [-0.1, -0.05) is 20.8 Å². The summed E-state index contributed by atoms with van der Waals surface area (Å²) in [5.74, 6) is 0. The number of nitrogens with one attached hydrogen (secondary N) is 2. The third kappa shape index (κ3) is 8.63. The minimum Gasteiger partial charge on any atom is -0.579 e. The Kier molecular flexibility index (Phi) is 7.30. The van der Waals surface area contributed by atoms with E-state index in [1.54, 1.807) is 18.4 Å². The van der Waals surface area contributed by atoms with Crippen molar-refractivity contribution in [3.63, 3.8) is 0 Å². The van der Waals surface area contributed by atoms with E-state index in [1.165, 1.54) is 0 Å². The van der Waals surface area contributed by atoms with E-state index in [9.17, 15) is 9.35 Å². The summed E-state index contributed by atoms with van der Waals surface area (Å²) >= 11 is -1.27. The standard InChI is InChI=1S/C13H29N3O3S/c1-12(2,3)10(9-14-20(18)16(7)8)15-11(17)19-13(4,5)6/h10,14H,9H2,1-8H3,(H,15,17)/t10-,20?/m1/s1. The third-order valence-corrected chi connectivity index (χ3v) is 3.56. The number of ether oxygens (including phenoxy) is 1. The van der Waals surface area contributed by atoms with Crippen LogP contribution in [-0.4, -0.2) is 47.2 Å². The molecule has 0 aliphatic carbocycles. The maximum absolute atomic E-state index is 11.8. The molecule has 1 unspecified atom stereocenters. The van der Waals surface area contributed by atoms with Crippen molar-refractivity contribution in [1.82, 2.24) is 14.3 Å². The van der Waals surface area contributed by atoms with E-state index in [2.05, 4.69) is 10.0 Å². The molecule has 0 saturated carbocycles. The Balaban J connectivity index is 4.56. The number of nitrogens with zero attached hydrogens (tertiary/aromatic N) is 1. The fraction of sp³-hybridized carbons (Fsp3) is 0.923. The largest absolute Gasteiger partial charge is 0.579 e. The number of rotatable bonds is 5. The second kappa shape index (κ2) is 7.49. The summed E-state index contributed by atoms with van der Waals surface area (Å²) in [5, 5.41) is 2.83. The van der Waals surface area contributed by atoms with Crippen LogP contribution in [-0.2, 0) is 16.3 Å². The molecule has 0 rings (SSSR count). The molecule has 120 valence electrons. The Morgan fingerprint density at radius 2 is 1.75 bits per heavy atom. The lowest BCUT2D eigenvalue weighted by Gasteiger charge is -2.32. The summed E-state index contributed by atoms with van der Waals surface area (Å²) in [7, 11) is 3.44. The highest BCUT2D eigenvalue weighted by Crippen LogP contribution is 2.19. The highest BCUT2D eigenvalue weighted by molar-refractivity contribution is 7.87. The molecule has 2 atom stereocenters. The Morgan fingerprint density at radius 1 is 1.25 bits per heavy atom. The molecular weight excluding hydrogens is 278 g/mol. The van der Waals surface area contributed by atoms with Gasteiger partial charge >= 0.3 is 6.09 Å². The van der Waals surface area contributed by atoms with E-state index in [4.69, 9.17) is 4.74 Å². The quantitative estimate of drug-likeness (QED) is 0.755. The molecule has 7 heteroatoms. The van der Waals surface area contributed by atoms with Gasteiger partial charge in [-0.15, -0.1) is 9.03 Å². The topological polar surface area (TPSA) is 76.7 Å². The highest BCUT2D eigenvalue weighted by atomic mass is 32.2. The molecule has 0 heterocycles. The fourth-order valence-corrected chi connectivity index (χ4v) is 1.87. The van der Waals surface area contributed by atoms with Crippen molar-refractivity contribution in [2.24, 2.45) is 5.41 Å². The van der Waals surface area contributed by atoms with Crippen molar-refractivity contribution >= 4 is 17.6 Å². The molecule has 2 N–H and O–H groups in total. The molecule has 20 heavy (non-hydrogen) atoms. The molecule has 0 aromatic heterocycles. The van der Waals surface area contributed by atoms with Gasteiger partial charge in [-0.3, -0.25) is 0 Å². The predicted octanol–water partition coefficient (Wildman–Crippen LogP) is 1.66. The normalized spacial score (nSPS) is 15.9. The highest BCUT2D eigenvalue weighted by Gasteiger charge is 2.29. The van der Waals surface area contributed by atoms with Crippen LogP contribution in [0.1, 0.15) is 41.5 Å². The maximum Gasteiger partial charge on any atom is 0.407 e. The summed E-state index contributed by atoms with van der Waals surface area (Å²) in [6.07, 6.45) is -0.463. The van der Waals surface area contributed by atoms with Gasteiger partial charge in [-0.25, -0.2) is 4.79 Å². The summed E-state index contributed by atoms with van der Waals surface area (Å²) in [6, 6.07) is -0.193. The summed E-state index contributed by atoms with van der Waals surface area (Å²) in [5.41, 5.74) is -0.715. The molecule has 0 spiro atoms. The molecule has 0 saturated heterocycles. The van der Waals surface area contributed by atoms with E-state index in [1.807, 2.05) is 41.5 Å². The second-order valence-electron chi connectivity index (χ2n) is 6.97. The van der Waals surface area contributed by atoms with Gasteiger partial charge in [0.25, 0.3) is 0 Å². The smallest absolute Gasteiger partial charge is 0.407 e. The van der Waals surface area contributed by atoms with Gasteiger partial charge in [-0.05, 0) is 26.2 Å². The van der Waals surface area contributed by atoms with Crippen molar-refractivity contribution in [3.8, 4) is 0 Å². The molecular formula is C13H29N3O3S. The van der Waals surface area contributed by atoms with Crippen molar-refractivity contribution in [2.45, 2.75) is 53.2 Å². The summed E-state index contributed by atoms with van der Waals surface area (Å²) < 4.78 is 21.4. The Morgan fingerprint density at radius 3 is 2.10 bits per heavy atom. The molecule has 0 radical (unpaired) electrons. The molecule has 0 aliphatic rings. The van der Waals surface area contributed by atoms with Gasteiger partial charge < -0.3 is 14.6 Å². The molecule has 0 aliphatic heterocycles. The van der Waals surface area contributed by atoms with Gasteiger partial charge in [-0.2, -0.15) is 0 Å². The van der Waals surface area contributed by atoms with Crippen LogP contribution in [0.2, 0.25) is 0 Å². The van der Waals surface area contributed by atoms with E-state index >= 15 is 0 Å². The Labute approximate surface area is 126 Å². The molecule has 6 nitrogen and oxygen atoms in total. The molecule has 0 fully saturated rings. The number of hydrogen-bond donors (Lipinski definition) is 2. The predicted molar refractivity (Wildman–Crippen MR) is 82.4 cm³/mol. The molecule has 0 bridgehead atoms. The van der Waals surface area contributed by atoms with Gasteiger partial charge in [0, 0.05) is 14.1 Å². The van der Waals surface area contributed by atoms with E-state index in [0.717, 1.165) is 0 Å². The van der Waals surface area contributed by atoms with Crippen molar-refractivity contribution < 1.29 is 14.1 Å². The molecule has 1 amide bonds. The number of amides is 1. The lowest BCUT2D eigenvalue weighted by atomic mass is 9.87. The molecule has 0 aromatic rings. The number of carbonyl (C=O) groups excluding carboxylic acids is 1. The van der Waals surface area contributed by atoms with Crippen molar-refractivity contribution in [1.29, 1.82) is 0 Å². The second-order valence-corrected chi connectivity index (χ2v) is 8.49. The lowest BCUT2D eigenvalue weighted by molar-refractivity contribution is 0.0466. The zero-order chi connectivity index (χ0) is 16.1. The minimum atomic E-state index is -1.27. The minimum absolute atomic E-state index is 0.180. The van der Waals surface area contributed by atoms with Gasteiger partial charge in [0.15, 0.2) is 0 Å². The van der Waals surface area contributed by atoms with Gasteiger partial charge in [0.1, 0.15) is 17.1 Å². The Bertz CT molecular complexity index is 311. The summed E-state index contributed by atoms with van der Waals surface area (Å²) in [4.78, 5) is 11.8. The van der Waals surface area contributed by atoms with Crippen LogP contribution in [0.15, 0.2) is 0 Å².